The number of piperidine rings is 1. The summed E-state index contributed by atoms with van der Waals surface area (Å²) in [6, 6.07) is 18.3. The van der Waals surface area contributed by atoms with Crippen LogP contribution in [-0.4, -0.2) is 19.2 Å². The summed E-state index contributed by atoms with van der Waals surface area (Å²) in [5.41, 5.74) is 3.11. The summed E-state index contributed by atoms with van der Waals surface area (Å²) in [4.78, 5) is 2.36. The highest BCUT2D eigenvalue weighted by Gasteiger charge is 2.19. The van der Waals surface area contributed by atoms with E-state index in [4.69, 9.17) is 10.00 Å². The van der Waals surface area contributed by atoms with Crippen molar-refractivity contribution in [1.82, 2.24) is 0 Å². The molecule has 1 aliphatic heterocycles. The molecule has 3 rings (SSSR count). The number of ether oxygens (including phenoxy) is 1. The van der Waals surface area contributed by atoms with E-state index in [9.17, 15) is 0 Å². The molecule has 23 heavy (non-hydrogen) atoms. The molecule has 0 amide bonds. The fourth-order valence-corrected chi connectivity index (χ4v) is 3.09. The molecule has 0 aliphatic carbocycles. The second-order valence-electron chi connectivity index (χ2n) is 5.78. The van der Waals surface area contributed by atoms with Gasteiger partial charge in [-0.15, -0.1) is 0 Å². The zero-order valence-corrected chi connectivity index (χ0v) is 14.5. The van der Waals surface area contributed by atoms with Crippen LogP contribution < -0.4 is 4.90 Å². The molecule has 4 heteroatoms. The van der Waals surface area contributed by atoms with E-state index >= 15 is 0 Å². The summed E-state index contributed by atoms with van der Waals surface area (Å²) in [5.74, 6) is 0. The normalized spacial score (nSPS) is 15.4. The van der Waals surface area contributed by atoms with E-state index in [1.165, 1.54) is 11.3 Å². The highest BCUT2D eigenvalue weighted by atomic mass is 79.9. The van der Waals surface area contributed by atoms with E-state index in [2.05, 4.69) is 39.0 Å². The van der Waals surface area contributed by atoms with Crippen LogP contribution in [0.4, 0.5) is 5.69 Å². The molecule has 0 bridgehead atoms. The summed E-state index contributed by atoms with van der Waals surface area (Å²) < 4.78 is 7.14. The SMILES string of the molecule is N#Cc1ccc(N2CCC(OCc3ccc(Br)cc3)CC2)cc1. The minimum Gasteiger partial charge on any atom is -0.373 e. The first kappa shape index (κ1) is 16.0. The molecule has 1 aliphatic rings. The molecule has 118 valence electrons. The molecule has 0 saturated carbocycles. The summed E-state index contributed by atoms with van der Waals surface area (Å²) in [5, 5.41) is 8.86. The highest BCUT2D eigenvalue weighted by Crippen LogP contribution is 2.22. The van der Waals surface area contributed by atoms with Crippen LogP contribution in [0.15, 0.2) is 53.0 Å². The lowest BCUT2D eigenvalue weighted by molar-refractivity contribution is 0.0251. The van der Waals surface area contributed by atoms with Gasteiger partial charge in [-0.1, -0.05) is 28.1 Å². The van der Waals surface area contributed by atoms with Crippen molar-refractivity contribution >= 4 is 21.6 Å². The van der Waals surface area contributed by atoms with Gasteiger partial charge in [0, 0.05) is 23.2 Å². The fraction of sp³-hybridized carbons (Fsp3) is 0.316. The maximum absolute atomic E-state index is 8.86. The monoisotopic (exact) mass is 370 g/mol. The Morgan fingerprint density at radius 1 is 1.04 bits per heavy atom. The summed E-state index contributed by atoms with van der Waals surface area (Å²) in [7, 11) is 0. The quantitative estimate of drug-likeness (QED) is 0.794. The zero-order valence-electron chi connectivity index (χ0n) is 12.9. The first-order valence-electron chi connectivity index (χ1n) is 7.86. The Hall–Kier alpha value is -1.83. The largest absolute Gasteiger partial charge is 0.373 e. The van der Waals surface area contributed by atoms with Crippen LogP contribution in [0.3, 0.4) is 0 Å². The summed E-state index contributed by atoms with van der Waals surface area (Å²) in [6.07, 6.45) is 2.40. The molecule has 0 spiro atoms. The van der Waals surface area contributed by atoms with Crippen molar-refractivity contribution in [2.45, 2.75) is 25.6 Å². The van der Waals surface area contributed by atoms with E-state index in [-0.39, 0.29) is 0 Å². The van der Waals surface area contributed by atoms with Crippen molar-refractivity contribution in [3.8, 4) is 6.07 Å². The second-order valence-corrected chi connectivity index (χ2v) is 6.70. The lowest BCUT2D eigenvalue weighted by Crippen LogP contribution is -2.36. The Balaban J connectivity index is 1.48. The number of anilines is 1. The molecule has 1 saturated heterocycles. The van der Waals surface area contributed by atoms with Crippen molar-refractivity contribution in [3.63, 3.8) is 0 Å². The summed E-state index contributed by atoms with van der Waals surface area (Å²) in [6.45, 7) is 2.67. The average molecular weight is 371 g/mol. The number of benzene rings is 2. The maximum Gasteiger partial charge on any atom is 0.0991 e. The Kier molecular flexibility index (Phi) is 5.32. The zero-order chi connectivity index (χ0) is 16.1. The number of halogens is 1. The smallest absolute Gasteiger partial charge is 0.0991 e. The van der Waals surface area contributed by atoms with Gasteiger partial charge in [-0.2, -0.15) is 5.26 Å². The van der Waals surface area contributed by atoms with Gasteiger partial charge in [-0.3, -0.25) is 0 Å². The van der Waals surface area contributed by atoms with Gasteiger partial charge in [0.25, 0.3) is 0 Å². The molecule has 0 radical (unpaired) electrons. The first-order valence-corrected chi connectivity index (χ1v) is 8.65. The molecular formula is C19H19BrN2O. The van der Waals surface area contributed by atoms with Crippen LogP contribution in [0.5, 0.6) is 0 Å². The Morgan fingerprint density at radius 2 is 1.70 bits per heavy atom. The van der Waals surface area contributed by atoms with Gasteiger partial charge in [0.1, 0.15) is 0 Å². The molecule has 1 fully saturated rings. The van der Waals surface area contributed by atoms with Crippen LogP contribution in [0.25, 0.3) is 0 Å². The van der Waals surface area contributed by atoms with Gasteiger partial charge in [0.05, 0.1) is 24.3 Å². The number of nitriles is 1. The minimum absolute atomic E-state index is 0.327. The minimum atomic E-state index is 0.327. The van der Waals surface area contributed by atoms with Crippen molar-refractivity contribution in [3.05, 3.63) is 64.1 Å². The van der Waals surface area contributed by atoms with E-state index in [1.807, 2.05) is 36.4 Å². The Morgan fingerprint density at radius 3 is 2.30 bits per heavy atom. The first-order chi connectivity index (χ1) is 11.2. The van der Waals surface area contributed by atoms with Crippen molar-refractivity contribution in [1.29, 1.82) is 5.26 Å². The summed E-state index contributed by atoms with van der Waals surface area (Å²) >= 11 is 3.45. The predicted octanol–water partition coefficient (Wildman–Crippen LogP) is 4.51. The van der Waals surface area contributed by atoms with Gasteiger partial charge in [0.2, 0.25) is 0 Å². The third-order valence-electron chi connectivity index (χ3n) is 4.20. The van der Waals surface area contributed by atoms with Crippen LogP contribution in [0, 0.1) is 11.3 Å². The third-order valence-corrected chi connectivity index (χ3v) is 4.73. The molecular weight excluding hydrogens is 352 g/mol. The van der Waals surface area contributed by atoms with Gasteiger partial charge >= 0.3 is 0 Å². The molecule has 1 heterocycles. The molecule has 2 aromatic carbocycles. The van der Waals surface area contributed by atoms with E-state index in [1.54, 1.807) is 0 Å². The molecule has 0 atom stereocenters. The molecule has 0 unspecified atom stereocenters. The maximum atomic E-state index is 8.86. The van der Waals surface area contributed by atoms with Crippen molar-refractivity contribution in [2.24, 2.45) is 0 Å². The topological polar surface area (TPSA) is 36.3 Å². The van der Waals surface area contributed by atoms with Crippen molar-refractivity contribution in [2.75, 3.05) is 18.0 Å². The van der Waals surface area contributed by atoms with Gasteiger partial charge in [-0.25, -0.2) is 0 Å². The number of hydrogen-bond acceptors (Lipinski definition) is 3. The highest BCUT2D eigenvalue weighted by molar-refractivity contribution is 9.10. The van der Waals surface area contributed by atoms with Gasteiger partial charge in [-0.05, 0) is 54.8 Å². The van der Waals surface area contributed by atoms with Gasteiger partial charge < -0.3 is 9.64 Å². The number of hydrogen-bond donors (Lipinski definition) is 0. The number of nitrogens with zero attached hydrogens (tertiary/aromatic N) is 2. The predicted molar refractivity (Wildman–Crippen MR) is 95.3 cm³/mol. The molecule has 3 nitrogen and oxygen atoms in total. The molecule has 0 aromatic heterocycles. The Bertz CT molecular complexity index is 668. The Labute approximate surface area is 145 Å². The van der Waals surface area contributed by atoms with E-state index in [0.717, 1.165) is 30.4 Å². The standard InChI is InChI=1S/C19H19BrN2O/c20-17-5-1-16(2-6-17)14-23-19-9-11-22(12-10-19)18-7-3-15(13-21)4-8-18/h1-8,19H,9-12,14H2. The van der Waals surface area contributed by atoms with Crippen LogP contribution >= 0.6 is 15.9 Å². The molecule has 2 aromatic rings. The average Bonchev–Trinajstić information content (AvgIpc) is 2.62. The second kappa shape index (κ2) is 7.63. The fourth-order valence-electron chi connectivity index (χ4n) is 2.82. The third kappa shape index (κ3) is 4.34. The molecule has 0 N–H and O–H groups in total. The lowest BCUT2D eigenvalue weighted by Gasteiger charge is -2.33. The van der Waals surface area contributed by atoms with Crippen LogP contribution in [0.1, 0.15) is 24.0 Å². The van der Waals surface area contributed by atoms with Crippen molar-refractivity contribution < 1.29 is 4.74 Å². The van der Waals surface area contributed by atoms with E-state index in [0.29, 0.717) is 18.3 Å². The lowest BCUT2D eigenvalue weighted by atomic mass is 10.1. The number of rotatable bonds is 4. The van der Waals surface area contributed by atoms with E-state index < -0.39 is 0 Å². The van der Waals surface area contributed by atoms with Crippen LogP contribution in [-0.2, 0) is 11.3 Å². The van der Waals surface area contributed by atoms with Gasteiger partial charge in [0.15, 0.2) is 0 Å². The van der Waals surface area contributed by atoms with Crippen LogP contribution in [0.2, 0.25) is 0 Å².